The highest BCUT2D eigenvalue weighted by molar-refractivity contribution is 5.90. The van der Waals surface area contributed by atoms with E-state index in [0.717, 1.165) is 12.8 Å². The third-order valence-corrected chi connectivity index (χ3v) is 4.37. The van der Waals surface area contributed by atoms with Gasteiger partial charge < -0.3 is 15.1 Å². The summed E-state index contributed by atoms with van der Waals surface area (Å²) in [6.45, 7) is 6.61. The van der Waals surface area contributed by atoms with Crippen LogP contribution in [-0.2, 0) is 4.79 Å². The summed E-state index contributed by atoms with van der Waals surface area (Å²) in [5.74, 6) is 1.05. The molecule has 0 bridgehead atoms. The second-order valence-corrected chi connectivity index (χ2v) is 6.14. The van der Waals surface area contributed by atoms with Gasteiger partial charge in [-0.1, -0.05) is 0 Å². The lowest BCUT2D eigenvalue weighted by atomic mass is 10.1. The minimum atomic E-state index is -0.00835. The van der Waals surface area contributed by atoms with Gasteiger partial charge in [0.2, 0.25) is 5.91 Å². The van der Waals surface area contributed by atoms with Gasteiger partial charge in [0.1, 0.15) is 0 Å². The monoisotopic (exact) mass is 251 g/mol. The number of carbonyl (C=O) groups is 2. The van der Waals surface area contributed by atoms with Gasteiger partial charge in [-0.05, 0) is 32.6 Å². The van der Waals surface area contributed by atoms with E-state index in [4.69, 9.17) is 0 Å². The van der Waals surface area contributed by atoms with Gasteiger partial charge in [-0.2, -0.15) is 0 Å². The third-order valence-electron chi connectivity index (χ3n) is 4.37. The first-order valence-corrected chi connectivity index (χ1v) is 6.88. The second kappa shape index (κ2) is 3.87. The van der Waals surface area contributed by atoms with Crippen molar-refractivity contribution in [2.45, 2.75) is 32.7 Å². The first-order valence-electron chi connectivity index (χ1n) is 6.88. The number of rotatable bonds is 2. The van der Waals surface area contributed by atoms with Gasteiger partial charge in [0.15, 0.2) is 0 Å². The number of nitrogens with zero attached hydrogens (tertiary/aromatic N) is 2. The molecule has 5 heteroatoms. The van der Waals surface area contributed by atoms with Crippen molar-refractivity contribution in [3.63, 3.8) is 0 Å². The number of urea groups is 1. The molecule has 1 N–H and O–H groups in total. The topological polar surface area (TPSA) is 52.7 Å². The predicted octanol–water partition coefficient (Wildman–Crippen LogP) is 0.659. The normalized spacial score (nSPS) is 33.2. The van der Waals surface area contributed by atoms with Crippen molar-refractivity contribution in [1.29, 1.82) is 0 Å². The molecule has 1 aliphatic heterocycles. The van der Waals surface area contributed by atoms with E-state index in [1.807, 2.05) is 18.7 Å². The first-order chi connectivity index (χ1) is 8.53. The lowest BCUT2D eigenvalue weighted by Crippen LogP contribution is -2.54. The van der Waals surface area contributed by atoms with Gasteiger partial charge in [-0.25, -0.2) is 4.79 Å². The van der Waals surface area contributed by atoms with Crippen LogP contribution in [-0.4, -0.2) is 54.0 Å². The van der Waals surface area contributed by atoms with Crippen molar-refractivity contribution < 1.29 is 9.59 Å². The molecule has 0 atom stereocenters. The van der Waals surface area contributed by atoms with Crippen molar-refractivity contribution in [2.24, 2.45) is 11.3 Å². The lowest BCUT2D eigenvalue weighted by molar-refractivity contribution is -0.136. The van der Waals surface area contributed by atoms with Gasteiger partial charge in [-0.3, -0.25) is 4.79 Å². The Hall–Kier alpha value is -1.26. The molecule has 0 aromatic rings. The van der Waals surface area contributed by atoms with Gasteiger partial charge in [0, 0.05) is 32.2 Å². The number of carbonyl (C=O) groups excluding carboxylic acids is 2. The summed E-state index contributed by atoms with van der Waals surface area (Å²) >= 11 is 0. The molecule has 3 aliphatic rings. The van der Waals surface area contributed by atoms with Crippen molar-refractivity contribution >= 4 is 11.9 Å². The van der Waals surface area contributed by atoms with Crippen molar-refractivity contribution in [3.8, 4) is 0 Å². The predicted molar refractivity (Wildman–Crippen MR) is 67.0 cm³/mol. The molecule has 2 saturated carbocycles. The zero-order valence-corrected chi connectivity index (χ0v) is 11.1. The summed E-state index contributed by atoms with van der Waals surface area (Å²) in [6.07, 6.45) is 2.22. The fourth-order valence-corrected chi connectivity index (χ4v) is 2.82. The van der Waals surface area contributed by atoms with Gasteiger partial charge in [0.25, 0.3) is 0 Å². The van der Waals surface area contributed by atoms with Gasteiger partial charge in [-0.15, -0.1) is 0 Å². The molecule has 2 aliphatic carbocycles. The molecule has 3 fully saturated rings. The molecule has 0 radical (unpaired) electrons. The fraction of sp³-hybridized carbons (Fsp3) is 0.846. The Morgan fingerprint density at radius 2 is 1.61 bits per heavy atom. The van der Waals surface area contributed by atoms with Crippen molar-refractivity contribution in [3.05, 3.63) is 0 Å². The molecule has 5 nitrogen and oxygen atoms in total. The minimum Gasteiger partial charge on any atom is -0.339 e. The Morgan fingerprint density at radius 1 is 1.11 bits per heavy atom. The summed E-state index contributed by atoms with van der Waals surface area (Å²) in [7, 11) is 0. The second-order valence-electron chi connectivity index (χ2n) is 6.14. The van der Waals surface area contributed by atoms with E-state index in [2.05, 4.69) is 5.32 Å². The maximum absolute atomic E-state index is 12.2. The van der Waals surface area contributed by atoms with E-state index in [1.54, 1.807) is 4.90 Å². The van der Waals surface area contributed by atoms with Crippen LogP contribution in [0.25, 0.3) is 0 Å². The Kier molecular flexibility index (Phi) is 2.54. The number of amides is 3. The summed E-state index contributed by atoms with van der Waals surface area (Å²) < 4.78 is 0. The average molecular weight is 251 g/mol. The van der Waals surface area contributed by atoms with E-state index >= 15 is 0 Å². The van der Waals surface area contributed by atoms with Crippen LogP contribution >= 0.6 is 0 Å². The number of hydrogen-bond donors (Lipinski definition) is 1. The molecule has 0 aromatic carbocycles. The van der Waals surface area contributed by atoms with Crippen molar-refractivity contribution in [1.82, 2.24) is 15.1 Å². The molecule has 0 spiro atoms. The maximum atomic E-state index is 12.2. The van der Waals surface area contributed by atoms with Crippen LogP contribution in [0, 0.1) is 11.3 Å². The molecule has 3 rings (SSSR count). The zero-order chi connectivity index (χ0) is 12.9. The Morgan fingerprint density at radius 3 is 2.06 bits per heavy atom. The zero-order valence-electron chi connectivity index (χ0n) is 11.1. The molecule has 0 unspecified atom stereocenters. The minimum absolute atomic E-state index is 0.00835. The average Bonchev–Trinajstić information content (AvgIpc) is 3.16. The molecule has 1 saturated heterocycles. The first kappa shape index (κ1) is 11.8. The Bertz CT molecular complexity index is 380. The standard InChI is InChI=1S/C13H21N3O2/c1-9(2)14-12(18)16-5-3-15(4-6-16)11(17)13-7-10(13)8-13/h9-10H,3-8H2,1-2H3,(H,14,18). The Balaban J connectivity index is 1.49. The number of hydrogen-bond acceptors (Lipinski definition) is 2. The summed E-state index contributed by atoms with van der Waals surface area (Å²) in [5.41, 5.74) is 0.0718. The highest BCUT2D eigenvalue weighted by Crippen LogP contribution is 2.75. The molecular weight excluding hydrogens is 230 g/mol. The number of nitrogens with one attached hydrogen (secondary N) is 1. The van der Waals surface area contributed by atoms with Crippen LogP contribution in [0.5, 0.6) is 0 Å². The van der Waals surface area contributed by atoms with E-state index in [1.165, 1.54) is 0 Å². The van der Waals surface area contributed by atoms with Crippen LogP contribution in [0.2, 0.25) is 0 Å². The van der Waals surface area contributed by atoms with E-state index in [-0.39, 0.29) is 17.5 Å². The molecule has 18 heavy (non-hydrogen) atoms. The summed E-state index contributed by atoms with van der Waals surface area (Å²) in [4.78, 5) is 27.8. The van der Waals surface area contributed by atoms with Crippen LogP contribution in [0.3, 0.4) is 0 Å². The SMILES string of the molecule is CC(C)NC(=O)N1CCN(C(=O)C23CC2C3)CC1. The highest BCUT2D eigenvalue weighted by atomic mass is 16.2. The van der Waals surface area contributed by atoms with Gasteiger partial charge in [0.05, 0.1) is 5.41 Å². The molecule has 0 aromatic heterocycles. The van der Waals surface area contributed by atoms with E-state index in [9.17, 15) is 9.59 Å². The van der Waals surface area contributed by atoms with Gasteiger partial charge >= 0.3 is 6.03 Å². The smallest absolute Gasteiger partial charge is 0.317 e. The molecule has 3 amide bonds. The quantitative estimate of drug-likeness (QED) is 0.784. The number of fused-ring (bicyclic) bond motifs is 1. The lowest BCUT2D eigenvalue weighted by Gasteiger charge is -2.35. The molecule has 100 valence electrons. The van der Waals surface area contributed by atoms with E-state index < -0.39 is 0 Å². The fourth-order valence-electron chi connectivity index (χ4n) is 2.82. The van der Waals surface area contributed by atoms with E-state index in [0.29, 0.717) is 38.0 Å². The van der Waals surface area contributed by atoms with Crippen LogP contribution in [0.15, 0.2) is 0 Å². The summed E-state index contributed by atoms with van der Waals surface area (Å²) in [5, 5.41) is 2.89. The molecule has 1 heterocycles. The number of piperazine rings is 1. The third kappa shape index (κ3) is 1.85. The largest absolute Gasteiger partial charge is 0.339 e. The van der Waals surface area contributed by atoms with Crippen molar-refractivity contribution in [2.75, 3.05) is 26.2 Å². The van der Waals surface area contributed by atoms with Crippen LogP contribution < -0.4 is 5.32 Å². The Labute approximate surface area is 107 Å². The highest BCUT2D eigenvalue weighted by Gasteiger charge is 2.75. The maximum Gasteiger partial charge on any atom is 0.317 e. The summed E-state index contributed by atoms with van der Waals surface area (Å²) in [6, 6.07) is 0.153. The van der Waals surface area contributed by atoms with Crippen LogP contribution in [0.1, 0.15) is 26.7 Å². The molecular formula is C13H21N3O2. The van der Waals surface area contributed by atoms with Crippen LogP contribution in [0.4, 0.5) is 4.79 Å².